The minimum atomic E-state index is -1.22. The summed E-state index contributed by atoms with van der Waals surface area (Å²) in [6.07, 6.45) is 1.96. The lowest BCUT2D eigenvalue weighted by atomic mass is 9.91. The molecular formula is C20H20N4O3S. The summed E-state index contributed by atoms with van der Waals surface area (Å²) in [5.41, 5.74) is 0.946. The highest BCUT2D eigenvalue weighted by atomic mass is 32.1. The Balaban J connectivity index is 1.73. The molecule has 0 bridgehead atoms. The van der Waals surface area contributed by atoms with Crippen LogP contribution in [0.1, 0.15) is 37.0 Å². The Morgan fingerprint density at radius 2 is 2.00 bits per heavy atom. The third-order valence-electron chi connectivity index (χ3n) is 4.69. The first-order valence-corrected chi connectivity index (χ1v) is 9.78. The first-order valence-electron chi connectivity index (χ1n) is 8.90. The van der Waals surface area contributed by atoms with Gasteiger partial charge in [0, 0.05) is 0 Å². The van der Waals surface area contributed by atoms with Gasteiger partial charge in [-0.25, -0.2) is 4.79 Å². The number of nitrogens with one attached hydrogen (secondary N) is 2. The van der Waals surface area contributed by atoms with Crippen LogP contribution in [-0.2, 0) is 21.5 Å². The van der Waals surface area contributed by atoms with E-state index in [0.717, 1.165) is 23.3 Å². The molecule has 0 aliphatic carbocycles. The van der Waals surface area contributed by atoms with Gasteiger partial charge in [0.1, 0.15) is 23.2 Å². The van der Waals surface area contributed by atoms with Crippen LogP contribution in [0, 0.1) is 11.3 Å². The maximum absolute atomic E-state index is 12.9. The molecule has 8 heteroatoms. The van der Waals surface area contributed by atoms with Crippen molar-refractivity contribution >= 4 is 34.2 Å². The van der Waals surface area contributed by atoms with E-state index in [1.807, 2.05) is 30.3 Å². The zero-order valence-corrected chi connectivity index (χ0v) is 16.4. The lowest BCUT2D eigenvalue weighted by Crippen LogP contribution is -2.42. The fourth-order valence-corrected chi connectivity index (χ4v) is 3.89. The van der Waals surface area contributed by atoms with Crippen LogP contribution in [0.25, 0.3) is 0 Å². The smallest absolute Gasteiger partial charge is 0.319 e. The molecule has 0 saturated carbocycles. The first kappa shape index (κ1) is 19.6. The summed E-state index contributed by atoms with van der Waals surface area (Å²) in [4.78, 5) is 38.5. The molecule has 7 nitrogen and oxygen atoms in total. The molecule has 28 heavy (non-hydrogen) atoms. The third-order valence-corrected chi connectivity index (χ3v) is 5.52. The summed E-state index contributed by atoms with van der Waals surface area (Å²) in [6, 6.07) is 10.5. The van der Waals surface area contributed by atoms with Crippen molar-refractivity contribution in [2.45, 2.75) is 32.2 Å². The van der Waals surface area contributed by atoms with Crippen molar-refractivity contribution in [3.8, 4) is 6.07 Å². The molecule has 1 saturated heterocycles. The van der Waals surface area contributed by atoms with Gasteiger partial charge in [-0.3, -0.25) is 14.5 Å². The van der Waals surface area contributed by atoms with E-state index >= 15 is 0 Å². The summed E-state index contributed by atoms with van der Waals surface area (Å²) in [5, 5.41) is 16.4. The molecule has 0 radical (unpaired) electrons. The molecule has 1 fully saturated rings. The SMILES string of the molecule is CCCc1ccc(C2(C)NC(=O)N(CC(=O)Nc3sccc3C#N)C2=O)cc1. The standard InChI is InChI=1S/C20H20N4O3S/c1-3-4-13-5-7-15(8-6-13)20(2)18(26)24(19(27)23-20)12-16(25)22-17-14(11-21)9-10-28-17/h5-10H,3-4,12H2,1-2H3,(H,22,25)(H,23,27). The summed E-state index contributed by atoms with van der Waals surface area (Å²) >= 11 is 1.21. The average Bonchev–Trinajstić information content (AvgIpc) is 3.20. The monoisotopic (exact) mass is 396 g/mol. The second kappa shape index (κ2) is 7.82. The number of hydrogen-bond acceptors (Lipinski definition) is 5. The zero-order chi connectivity index (χ0) is 20.3. The molecule has 0 spiro atoms. The van der Waals surface area contributed by atoms with Gasteiger partial charge in [0.25, 0.3) is 5.91 Å². The predicted molar refractivity (Wildman–Crippen MR) is 106 cm³/mol. The normalized spacial score (nSPS) is 18.7. The van der Waals surface area contributed by atoms with Crippen LogP contribution < -0.4 is 10.6 Å². The van der Waals surface area contributed by atoms with Gasteiger partial charge < -0.3 is 10.6 Å². The molecule has 1 aliphatic rings. The number of amides is 4. The van der Waals surface area contributed by atoms with E-state index in [4.69, 9.17) is 5.26 Å². The number of nitriles is 1. The maximum atomic E-state index is 12.9. The van der Waals surface area contributed by atoms with Gasteiger partial charge in [-0.05, 0) is 35.9 Å². The third kappa shape index (κ3) is 3.62. The fourth-order valence-electron chi connectivity index (χ4n) is 3.13. The number of thiophene rings is 1. The van der Waals surface area contributed by atoms with Gasteiger partial charge in [0.05, 0.1) is 5.56 Å². The van der Waals surface area contributed by atoms with Crippen molar-refractivity contribution < 1.29 is 14.4 Å². The van der Waals surface area contributed by atoms with E-state index in [9.17, 15) is 14.4 Å². The Labute approximate surface area is 167 Å². The van der Waals surface area contributed by atoms with Crippen LogP contribution in [0.2, 0.25) is 0 Å². The first-order chi connectivity index (χ1) is 13.4. The average molecular weight is 396 g/mol. The van der Waals surface area contributed by atoms with E-state index in [1.54, 1.807) is 18.4 Å². The molecule has 1 aromatic heterocycles. The van der Waals surface area contributed by atoms with Crippen LogP contribution in [0.5, 0.6) is 0 Å². The van der Waals surface area contributed by atoms with Gasteiger partial charge >= 0.3 is 6.03 Å². The molecule has 144 valence electrons. The Morgan fingerprint density at radius 1 is 1.29 bits per heavy atom. The summed E-state index contributed by atoms with van der Waals surface area (Å²) in [6.45, 7) is 3.30. The molecule has 1 atom stereocenters. The Bertz CT molecular complexity index is 961. The number of carbonyl (C=O) groups excluding carboxylic acids is 3. The quantitative estimate of drug-likeness (QED) is 0.733. The molecule has 1 unspecified atom stereocenters. The van der Waals surface area contributed by atoms with E-state index < -0.39 is 29.9 Å². The van der Waals surface area contributed by atoms with Crippen molar-refractivity contribution in [2.75, 3.05) is 11.9 Å². The van der Waals surface area contributed by atoms with Gasteiger partial charge in [-0.15, -0.1) is 11.3 Å². The number of urea groups is 1. The van der Waals surface area contributed by atoms with Crippen molar-refractivity contribution in [1.82, 2.24) is 10.2 Å². The maximum Gasteiger partial charge on any atom is 0.325 e. The highest BCUT2D eigenvalue weighted by Crippen LogP contribution is 2.29. The van der Waals surface area contributed by atoms with Crippen molar-refractivity contribution in [1.29, 1.82) is 5.26 Å². The number of benzene rings is 1. The molecule has 3 rings (SSSR count). The number of nitrogens with zero attached hydrogens (tertiary/aromatic N) is 2. The van der Waals surface area contributed by atoms with Crippen LogP contribution in [0.15, 0.2) is 35.7 Å². The summed E-state index contributed by atoms with van der Waals surface area (Å²) < 4.78 is 0. The minimum absolute atomic E-state index is 0.340. The van der Waals surface area contributed by atoms with Crippen molar-refractivity contribution in [2.24, 2.45) is 0 Å². The van der Waals surface area contributed by atoms with Crippen LogP contribution >= 0.6 is 11.3 Å². The Kier molecular flexibility index (Phi) is 5.47. The molecule has 1 aromatic carbocycles. The Morgan fingerprint density at radius 3 is 2.64 bits per heavy atom. The molecule has 2 aromatic rings. The highest BCUT2D eigenvalue weighted by Gasteiger charge is 2.49. The largest absolute Gasteiger partial charge is 0.325 e. The second-order valence-electron chi connectivity index (χ2n) is 6.72. The minimum Gasteiger partial charge on any atom is -0.319 e. The van der Waals surface area contributed by atoms with E-state index in [2.05, 4.69) is 17.6 Å². The number of rotatable bonds is 6. The molecule has 1 aliphatic heterocycles. The van der Waals surface area contributed by atoms with Crippen LogP contribution in [-0.4, -0.2) is 29.3 Å². The Hall–Kier alpha value is -3.18. The van der Waals surface area contributed by atoms with Gasteiger partial charge in [-0.1, -0.05) is 37.6 Å². The summed E-state index contributed by atoms with van der Waals surface area (Å²) in [5.74, 6) is -1.02. The van der Waals surface area contributed by atoms with Crippen molar-refractivity contribution in [3.63, 3.8) is 0 Å². The number of hydrogen-bond donors (Lipinski definition) is 2. The number of aryl methyl sites for hydroxylation is 1. The zero-order valence-electron chi connectivity index (χ0n) is 15.6. The molecule has 2 N–H and O–H groups in total. The van der Waals surface area contributed by atoms with Gasteiger partial charge in [-0.2, -0.15) is 5.26 Å². The lowest BCUT2D eigenvalue weighted by molar-refractivity contribution is -0.133. The van der Waals surface area contributed by atoms with Crippen LogP contribution in [0.4, 0.5) is 9.80 Å². The lowest BCUT2D eigenvalue weighted by Gasteiger charge is -2.22. The van der Waals surface area contributed by atoms with E-state index in [0.29, 0.717) is 16.1 Å². The van der Waals surface area contributed by atoms with E-state index in [-0.39, 0.29) is 0 Å². The number of carbonyl (C=O) groups is 3. The predicted octanol–water partition coefficient (Wildman–Crippen LogP) is 2.98. The molecule has 2 heterocycles. The summed E-state index contributed by atoms with van der Waals surface area (Å²) in [7, 11) is 0. The van der Waals surface area contributed by atoms with E-state index in [1.165, 1.54) is 11.3 Å². The van der Waals surface area contributed by atoms with Crippen LogP contribution in [0.3, 0.4) is 0 Å². The molecule has 4 amide bonds. The fraction of sp³-hybridized carbons (Fsp3) is 0.300. The van der Waals surface area contributed by atoms with Crippen molar-refractivity contribution in [3.05, 3.63) is 52.4 Å². The van der Waals surface area contributed by atoms with Gasteiger partial charge in [0.15, 0.2) is 0 Å². The number of imide groups is 1. The topological polar surface area (TPSA) is 102 Å². The van der Waals surface area contributed by atoms with Gasteiger partial charge in [0.2, 0.25) is 5.91 Å². The highest BCUT2D eigenvalue weighted by molar-refractivity contribution is 7.14. The molecular weight excluding hydrogens is 376 g/mol. The second-order valence-corrected chi connectivity index (χ2v) is 7.63. The number of anilines is 1.